The fourth-order valence-corrected chi connectivity index (χ4v) is 3.41. The Labute approximate surface area is 148 Å². The van der Waals surface area contributed by atoms with Crippen molar-refractivity contribution in [1.29, 1.82) is 0 Å². The maximum Gasteiger partial charge on any atom is 0.233 e. The molecule has 5 nitrogen and oxygen atoms in total. The summed E-state index contributed by atoms with van der Waals surface area (Å²) in [5.41, 5.74) is 2.43. The summed E-state index contributed by atoms with van der Waals surface area (Å²) < 4.78 is 8.06. The van der Waals surface area contributed by atoms with E-state index in [9.17, 15) is 0 Å². The smallest absolute Gasteiger partial charge is 0.233 e. The fraction of sp³-hybridized carbons (Fsp3) is 0.400. The van der Waals surface area contributed by atoms with Crippen molar-refractivity contribution in [3.05, 3.63) is 66.2 Å². The van der Waals surface area contributed by atoms with Crippen LogP contribution in [0.4, 0.5) is 0 Å². The molecule has 130 valence electrons. The van der Waals surface area contributed by atoms with Gasteiger partial charge in [-0.15, -0.1) is 0 Å². The molecule has 1 aliphatic heterocycles. The monoisotopic (exact) mass is 336 g/mol. The van der Waals surface area contributed by atoms with Crippen molar-refractivity contribution in [3.8, 4) is 0 Å². The molecule has 25 heavy (non-hydrogen) atoms. The molecule has 2 aromatic heterocycles. The molecule has 1 aromatic carbocycles. The third-order valence-electron chi connectivity index (χ3n) is 4.79. The third-order valence-corrected chi connectivity index (χ3v) is 4.79. The summed E-state index contributed by atoms with van der Waals surface area (Å²) in [5.74, 6) is 0.775. The summed E-state index contributed by atoms with van der Waals surface area (Å²) in [5, 5.41) is 0. The molecule has 1 saturated heterocycles. The minimum absolute atomic E-state index is 0.391. The normalized spacial score (nSPS) is 16.5. The molecule has 3 aromatic rings. The average molecular weight is 336 g/mol. The Balaban J connectivity index is 1.21. The van der Waals surface area contributed by atoms with Gasteiger partial charge in [0.2, 0.25) is 5.78 Å². The van der Waals surface area contributed by atoms with Crippen molar-refractivity contribution in [2.24, 2.45) is 0 Å². The van der Waals surface area contributed by atoms with E-state index in [4.69, 9.17) is 4.74 Å². The third kappa shape index (κ3) is 4.24. The summed E-state index contributed by atoms with van der Waals surface area (Å²) >= 11 is 0. The van der Waals surface area contributed by atoms with Gasteiger partial charge in [0.05, 0.1) is 18.4 Å². The molecular weight excluding hydrogens is 312 g/mol. The van der Waals surface area contributed by atoms with E-state index in [1.807, 2.05) is 16.7 Å². The molecule has 0 amide bonds. The van der Waals surface area contributed by atoms with E-state index in [1.165, 1.54) is 5.56 Å². The second kappa shape index (κ2) is 7.76. The minimum Gasteiger partial charge on any atom is -0.378 e. The Morgan fingerprint density at radius 3 is 2.72 bits per heavy atom. The number of nitrogens with zero attached hydrogens (tertiary/aromatic N) is 4. The first kappa shape index (κ1) is 16.2. The lowest BCUT2D eigenvalue weighted by molar-refractivity contribution is 0.00719. The van der Waals surface area contributed by atoms with Crippen LogP contribution in [-0.2, 0) is 17.7 Å². The number of imidazole rings is 1. The van der Waals surface area contributed by atoms with Gasteiger partial charge in [0, 0.05) is 38.2 Å². The van der Waals surface area contributed by atoms with Gasteiger partial charge in [-0.25, -0.2) is 9.97 Å². The SMILES string of the molecule is c1ccc(CCOC2CCN(Cc3cn4cccnc4n3)CC2)cc1. The molecule has 5 heteroatoms. The van der Waals surface area contributed by atoms with E-state index < -0.39 is 0 Å². The highest BCUT2D eigenvalue weighted by Crippen LogP contribution is 2.16. The van der Waals surface area contributed by atoms with Crippen LogP contribution in [0.2, 0.25) is 0 Å². The van der Waals surface area contributed by atoms with Crippen LogP contribution < -0.4 is 0 Å². The molecule has 0 N–H and O–H groups in total. The zero-order valence-corrected chi connectivity index (χ0v) is 14.4. The highest BCUT2D eigenvalue weighted by molar-refractivity contribution is 5.29. The Morgan fingerprint density at radius 1 is 1.08 bits per heavy atom. The number of hydrogen-bond acceptors (Lipinski definition) is 4. The van der Waals surface area contributed by atoms with E-state index in [0.29, 0.717) is 6.10 Å². The summed E-state index contributed by atoms with van der Waals surface area (Å²) in [6.45, 7) is 3.83. The first-order valence-corrected chi connectivity index (χ1v) is 9.03. The highest BCUT2D eigenvalue weighted by atomic mass is 16.5. The van der Waals surface area contributed by atoms with Gasteiger partial charge >= 0.3 is 0 Å². The number of ether oxygens (including phenoxy) is 1. The van der Waals surface area contributed by atoms with Crippen molar-refractivity contribution in [3.63, 3.8) is 0 Å². The lowest BCUT2D eigenvalue weighted by Crippen LogP contribution is -2.36. The zero-order valence-electron chi connectivity index (χ0n) is 14.4. The standard InChI is InChI=1S/C20H24N4O/c1-2-5-17(6-3-1)9-14-25-19-7-12-23(13-8-19)15-18-16-24-11-4-10-21-20(24)22-18/h1-6,10-11,16,19H,7-9,12-15H2. The number of benzene rings is 1. The van der Waals surface area contributed by atoms with E-state index in [2.05, 4.69) is 51.4 Å². The van der Waals surface area contributed by atoms with Crippen LogP contribution in [0, 0.1) is 0 Å². The van der Waals surface area contributed by atoms with Gasteiger partial charge in [0.25, 0.3) is 0 Å². The summed E-state index contributed by atoms with van der Waals surface area (Å²) in [4.78, 5) is 11.3. The van der Waals surface area contributed by atoms with Crippen molar-refractivity contribution in [2.75, 3.05) is 19.7 Å². The molecule has 1 fully saturated rings. The van der Waals surface area contributed by atoms with Gasteiger partial charge < -0.3 is 4.74 Å². The highest BCUT2D eigenvalue weighted by Gasteiger charge is 2.20. The number of fused-ring (bicyclic) bond motifs is 1. The Morgan fingerprint density at radius 2 is 1.92 bits per heavy atom. The van der Waals surface area contributed by atoms with Gasteiger partial charge in [0.1, 0.15) is 0 Å². The maximum atomic E-state index is 6.08. The van der Waals surface area contributed by atoms with Crippen molar-refractivity contribution in [2.45, 2.75) is 31.9 Å². The first-order valence-electron chi connectivity index (χ1n) is 9.03. The molecule has 4 rings (SSSR count). The minimum atomic E-state index is 0.391. The molecule has 0 unspecified atom stereocenters. The molecular formula is C20H24N4O. The van der Waals surface area contributed by atoms with Crippen molar-refractivity contribution >= 4 is 5.78 Å². The zero-order chi connectivity index (χ0) is 16.9. The van der Waals surface area contributed by atoms with E-state index in [-0.39, 0.29) is 0 Å². The molecule has 0 aliphatic carbocycles. The molecule has 3 heterocycles. The Kier molecular flexibility index (Phi) is 5.04. The molecule has 0 spiro atoms. The maximum absolute atomic E-state index is 6.08. The Hall–Kier alpha value is -2.24. The molecule has 0 bridgehead atoms. The van der Waals surface area contributed by atoms with Gasteiger partial charge in [-0.1, -0.05) is 30.3 Å². The fourth-order valence-electron chi connectivity index (χ4n) is 3.41. The summed E-state index contributed by atoms with van der Waals surface area (Å²) in [6.07, 6.45) is 9.43. The van der Waals surface area contributed by atoms with Crippen LogP contribution in [0.15, 0.2) is 55.0 Å². The van der Waals surface area contributed by atoms with Gasteiger partial charge in [-0.3, -0.25) is 9.30 Å². The second-order valence-corrected chi connectivity index (χ2v) is 6.64. The summed E-state index contributed by atoms with van der Waals surface area (Å²) in [7, 11) is 0. The van der Waals surface area contributed by atoms with Crippen LogP contribution >= 0.6 is 0 Å². The number of likely N-dealkylation sites (tertiary alicyclic amines) is 1. The van der Waals surface area contributed by atoms with Crippen LogP contribution in [0.1, 0.15) is 24.1 Å². The van der Waals surface area contributed by atoms with Crippen molar-refractivity contribution < 1.29 is 4.74 Å². The van der Waals surface area contributed by atoms with Crippen LogP contribution in [0.3, 0.4) is 0 Å². The van der Waals surface area contributed by atoms with E-state index in [1.54, 1.807) is 6.20 Å². The molecule has 0 atom stereocenters. The van der Waals surface area contributed by atoms with E-state index in [0.717, 1.165) is 57.0 Å². The molecule has 0 radical (unpaired) electrons. The summed E-state index contributed by atoms with van der Waals surface area (Å²) in [6, 6.07) is 12.5. The van der Waals surface area contributed by atoms with Crippen molar-refractivity contribution in [1.82, 2.24) is 19.3 Å². The number of hydrogen-bond donors (Lipinski definition) is 0. The molecule has 1 aliphatic rings. The number of aromatic nitrogens is 3. The van der Waals surface area contributed by atoms with Gasteiger partial charge in [-0.05, 0) is 30.9 Å². The van der Waals surface area contributed by atoms with E-state index >= 15 is 0 Å². The predicted octanol–water partition coefficient (Wildman–Crippen LogP) is 2.95. The number of piperidine rings is 1. The second-order valence-electron chi connectivity index (χ2n) is 6.64. The topological polar surface area (TPSA) is 42.7 Å². The first-order chi connectivity index (χ1) is 12.4. The average Bonchev–Trinajstić information content (AvgIpc) is 3.06. The van der Waals surface area contributed by atoms with Crippen LogP contribution in [-0.4, -0.2) is 45.1 Å². The quantitative estimate of drug-likeness (QED) is 0.694. The van der Waals surface area contributed by atoms with Crippen LogP contribution in [0.5, 0.6) is 0 Å². The number of rotatable bonds is 6. The van der Waals surface area contributed by atoms with Crippen LogP contribution in [0.25, 0.3) is 5.78 Å². The lowest BCUT2D eigenvalue weighted by atomic mass is 10.1. The lowest BCUT2D eigenvalue weighted by Gasteiger charge is -2.31. The predicted molar refractivity (Wildman–Crippen MR) is 97.4 cm³/mol. The van der Waals surface area contributed by atoms with Gasteiger partial charge in [0.15, 0.2) is 0 Å². The van der Waals surface area contributed by atoms with Gasteiger partial charge in [-0.2, -0.15) is 0 Å². The molecule has 0 saturated carbocycles. The Bertz CT molecular complexity index is 761. The largest absolute Gasteiger partial charge is 0.378 e.